The second-order valence-electron chi connectivity index (χ2n) is 6.97. The van der Waals surface area contributed by atoms with E-state index in [-0.39, 0.29) is 28.9 Å². The molecule has 1 unspecified atom stereocenters. The normalized spacial score (nSPS) is 20.9. The van der Waals surface area contributed by atoms with Crippen molar-refractivity contribution in [3.8, 4) is 0 Å². The van der Waals surface area contributed by atoms with Crippen molar-refractivity contribution >= 4 is 28.5 Å². The van der Waals surface area contributed by atoms with E-state index in [9.17, 15) is 19.1 Å². The van der Waals surface area contributed by atoms with Crippen LogP contribution in [0.5, 0.6) is 0 Å². The highest BCUT2D eigenvalue weighted by molar-refractivity contribution is 5.97. The fraction of sp³-hybridized carbons (Fsp3) is 0.444. The molecule has 2 N–H and O–H groups in total. The van der Waals surface area contributed by atoms with Crippen LogP contribution in [0.4, 0.5) is 10.2 Å². The Balaban J connectivity index is 1.86. The fourth-order valence-electron chi connectivity index (χ4n) is 3.57. The van der Waals surface area contributed by atoms with Crippen LogP contribution in [0.3, 0.4) is 0 Å². The maximum Gasteiger partial charge on any atom is 0.341 e. The van der Waals surface area contributed by atoms with Gasteiger partial charge < -0.3 is 24.7 Å². The third kappa shape index (κ3) is 2.99. The van der Waals surface area contributed by atoms with Crippen molar-refractivity contribution in [2.24, 2.45) is 5.16 Å². The van der Waals surface area contributed by atoms with Gasteiger partial charge in [-0.2, -0.15) is 0 Å². The number of hydrogen-bond donors (Lipinski definition) is 2. The van der Waals surface area contributed by atoms with Crippen molar-refractivity contribution in [2.45, 2.75) is 24.9 Å². The zero-order valence-electron chi connectivity index (χ0n) is 15.5. The van der Waals surface area contributed by atoms with E-state index in [4.69, 9.17) is 4.84 Å². The third-order valence-corrected chi connectivity index (χ3v) is 5.12. The minimum absolute atomic E-state index is 0.0248. The number of halogens is 1. The summed E-state index contributed by atoms with van der Waals surface area (Å²) in [7, 11) is 3.23. The van der Waals surface area contributed by atoms with Gasteiger partial charge in [0.15, 0.2) is 11.6 Å². The van der Waals surface area contributed by atoms with E-state index in [2.05, 4.69) is 15.5 Å². The first-order valence-corrected chi connectivity index (χ1v) is 8.95. The van der Waals surface area contributed by atoms with Crippen molar-refractivity contribution in [3.05, 3.63) is 33.9 Å². The topological polar surface area (TPSA) is 109 Å². The second kappa shape index (κ2) is 6.86. The van der Waals surface area contributed by atoms with Gasteiger partial charge in [-0.05, 0) is 26.0 Å². The molecule has 1 aliphatic carbocycles. The molecule has 0 bridgehead atoms. The summed E-state index contributed by atoms with van der Waals surface area (Å²) in [5.41, 5.74) is -0.0908. The van der Waals surface area contributed by atoms with Gasteiger partial charge in [0.2, 0.25) is 5.43 Å². The van der Waals surface area contributed by atoms with Crippen molar-refractivity contribution in [1.82, 2.24) is 14.9 Å². The monoisotopic (exact) mass is 389 g/mol. The Kier molecular flexibility index (Phi) is 4.50. The van der Waals surface area contributed by atoms with Gasteiger partial charge in [-0.15, -0.1) is 0 Å². The van der Waals surface area contributed by atoms with Crippen LogP contribution in [0.1, 0.15) is 29.2 Å². The summed E-state index contributed by atoms with van der Waals surface area (Å²) in [6.07, 6.45) is 3.04. The van der Waals surface area contributed by atoms with Crippen LogP contribution in [0.15, 0.2) is 22.2 Å². The summed E-state index contributed by atoms with van der Waals surface area (Å²) >= 11 is 0. The molecular weight excluding hydrogens is 369 g/mol. The van der Waals surface area contributed by atoms with Crippen LogP contribution in [-0.4, -0.2) is 59.6 Å². The van der Waals surface area contributed by atoms with Gasteiger partial charge in [-0.1, -0.05) is 5.16 Å². The second-order valence-corrected chi connectivity index (χ2v) is 6.97. The molecule has 0 radical (unpaired) electrons. The Morgan fingerprint density at radius 3 is 2.82 bits per heavy atom. The summed E-state index contributed by atoms with van der Waals surface area (Å²) in [4.78, 5) is 35.0. The first-order chi connectivity index (χ1) is 13.4. The molecule has 2 aromatic heterocycles. The molecule has 4 rings (SSSR count). The SMILES string of the molecule is CNC1CN(c2nc3c(cc2F)c(=O)c(C(=O)O)cn3C2CC2)C/C1=N\OC. The number of fused-ring (bicyclic) bond motifs is 1. The molecule has 0 amide bonds. The highest BCUT2D eigenvalue weighted by Crippen LogP contribution is 2.37. The van der Waals surface area contributed by atoms with Crippen molar-refractivity contribution < 1.29 is 19.1 Å². The molecule has 2 fully saturated rings. The van der Waals surface area contributed by atoms with Crippen LogP contribution < -0.4 is 15.6 Å². The van der Waals surface area contributed by atoms with Gasteiger partial charge in [0, 0.05) is 18.8 Å². The van der Waals surface area contributed by atoms with Crippen LogP contribution in [-0.2, 0) is 4.84 Å². The number of rotatable bonds is 5. The summed E-state index contributed by atoms with van der Waals surface area (Å²) in [6, 6.07) is 1.05. The average molecular weight is 389 g/mol. The minimum Gasteiger partial charge on any atom is -0.477 e. The highest BCUT2D eigenvalue weighted by Gasteiger charge is 2.33. The lowest BCUT2D eigenvalue weighted by Crippen LogP contribution is -2.34. The van der Waals surface area contributed by atoms with Crippen LogP contribution >= 0.6 is 0 Å². The van der Waals surface area contributed by atoms with E-state index in [1.807, 2.05) is 0 Å². The van der Waals surface area contributed by atoms with E-state index in [1.165, 1.54) is 13.3 Å². The number of anilines is 1. The van der Waals surface area contributed by atoms with E-state index in [0.29, 0.717) is 24.4 Å². The zero-order chi connectivity index (χ0) is 20.0. The maximum atomic E-state index is 14.9. The molecule has 10 heteroatoms. The molecule has 0 aromatic carbocycles. The molecule has 28 heavy (non-hydrogen) atoms. The number of aromatic carboxylic acids is 1. The number of likely N-dealkylation sites (N-methyl/N-ethyl adjacent to an activating group) is 1. The van der Waals surface area contributed by atoms with E-state index < -0.39 is 17.2 Å². The number of pyridine rings is 2. The fourth-order valence-corrected chi connectivity index (χ4v) is 3.57. The Bertz CT molecular complexity index is 1050. The molecule has 3 heterocycles. The van der Waals surface area contributed by atoms with Gasteiger partial charge in [-0.25, -0.2) is 14.2 Å². The van der Waals surface area contributed by atoms with Gasteiger partial charge in [0.05, 0.1) is 23.7 Å². The smallest absolute Gasteiger partial charge is 0.341 e. The Morgan fingerprint density at radius 2 is 2.21 bits per heavy atom. The average Bonchev–Trinajstić information content (AvgIpc) is 3.42. The van der Waals surface area contributed by atoms with Gasteiger partial charge in [0.1, 0.15) is 18.3 Å². The predicted molar refractivity (Wildman–Crippen MR) is 101 cm³/mol. The number of nitrogens with zero attached hydrogens (tertiary/aromatic N) is 4. The quantitative estimate of drug-likeness (QED) is 0.734. The van der Waals surface area contributed by atoms with E-state index in [1.54, 1.807) is 16.5 Å². The van der Waals surface area contributed by atoms with Gasteiger partial charge in [0.25, 0.3) is 0 Å². The lowest BCUT2D eigenvalue weighted by Gasteiger charge is -2.19. The molecule has 1 saturated carbocycles. The van der Waals surface area contributed by atoms with Crippen molar-refractivity contribution in [1.29, 1.82) is 0 Å². The highest BCUT2D eigenvalue weighted by atomic mass is 19.1. The molecular formula is C18H20FN5O4. The number of aromatic nitrogens is 2. The summed E-state index contributed by atoms with van der Waals surface area (Å²) in [5.74, 6) is -1.91. The maximum absolute atomic E-state index is 14.9. The van der Waals surface area contributed by atoms with Crippen molar-refractivity contribution in [2.75, 3.05) is 32.1 Å². The molecule has 1 atom stereocenters. The number of oxime groups is 1. The first-order valence-electron chi connectivity index (χ1n) is 8.95. The summed E-state index contributed by atoms with van der Waals surface area (Å²) in [5, 5.41) is 16.4. The molecule has 2 aromatic rings. The molecule has 1 saturated heterocycles. The summed E-state index contributed by atoms with van der Waals surface area (Å²) in [6.45, 7) is 0.768. The molecule has 148 valence electrons. The first kappa shape index (κ1) is 18.4. The zero-order valence-corrected chi connectivity index (χ0v) is 15.5. The number of nitrogens with one attached hydrogen (secondary N) is 1. The van der Waals surface area contributed by atoms with Crippen LogP contribution in [0, 0.1) is 5.82 Å². The van der Waals surface area contributed by atoms with E-state index >= 15 is 0 Å². The van der Waals surface area contributed by atoms with E-state index in [0.717, 1.165) is 18.9 Å². The number of carbonyl (C=O) groups is 1. The molecule has 0 spiro atoms. The van der Waals surface area contributed by atoms with Gasteiger partial charge >= 0.3 is 5.97 Å². The molecule has 2 aliphatic rings. The Hall–Kier alpha value is -3.01. The van der Waals surface area contributed by atoms with Crippen LogP contribution in [0.2, 0.25) is 0 Å². The number of hydrogen-bond acceptors (Lipinski definition) is 7. The lowest BCUT2D eigenvalue weighted by molar-refractivity contribution is 0.0695. The standard InChI is InChI=1S/C18H20FN5O4/c1-20-13-7-23(8-14(13)22-28-2)17-12(19)5-10-15(25)11(18(26)27)6-24(9-3-4-9)16(10)21-17/h5-6,9,13,20H,3-4,7-8H2,1-2H3,(H,26,27)/b22-14+. The summed E-state index contributed by atoms with van der Waals surface area (Å²) < 4.78 is 16.6. The predicted octanol–water partition coefficient (Wildman–Crippen LogP) is 0.979. The number of carboxylic acid groups (broad SMARTS) is 1. The molecule has 1 aliphatic heterocycles. The number of carboxylic acids is 1. The largest absolute Gasteiger partial charge is 0.477 e. The minimum atomic E-state index is -1.33. The van der Waals surface area contributed by atoms with Crippen molar-refractivity contribution in [3.63, 3.8) is 0 Å². The Morgan fingerprint density at radius 1 is 1.46 bits per heavy atom. The van der Waals surface area contributed by atoms with Crippen LogP contribution in [0.25, 0.3) is 11.0 Å². The third-order valence-electron chi connectivity index (χ3n) is 5.12. The molecule has 9 nitrogen and oxygen atoms in total. The van der Waals surface area contributed by atoms with Gasteiger partial charge in [-0.3, -0.25) is 4.79 Å². The Labute approximate surface area is 159 Å². The lowest BCUT2D eigenvalue weighted by atomic mass is 10.2.